The molecule has 6 aromatic rings. The Balaban J connectivity index is 0.000000236. The van der Waals surface area contributed by atoms with Crippen molar-refractivity contribution in [2.75, 3.05) is 41.6 Å². The second kappa shape index (κ2) is 17.6. The van der Waals surface area contributed by atoms with Crippen LogP contribution in [0, 0.1) is 33.5 Å². The second-order valence-electron chi connectivity index (χ2n) is 14.3. The lowest BCUT2D eigenvalue weighted by Gasteiger charge is -2.15. The number of hydrogen-bond donors (Lipinski definition) is 2. The molecule has 0 fully saturated rings. The van der Waals surface area contributed by atoms with Crippen LogP contribution in [-0.4, -0.2) is 67.3 Å². The van der Waals surface area contributed by atoms with Crippen LogP contribution < -0.4 is 11.1 Å². The Morgan fingerprint density at radius 3 is 1.98 bits per heavy atom. The summed E-state index contributed by atoms with van der Waals surface area (Å²) in [7, 11) is -6.00. The predicted molar refractivity (Wildman–Crippen MR) is 221 cm³/mol. The van der Waals surface area contributed by atoms with Crippen molar-refractivity contribution in [3.63, 3.8) is 0 Å². The number of nitrogens with two attached hydrogens (primary N) is 1. The molecular formula is C40H48ClFN6O6S2. The summed E-state index contributed by atoms with van der Waals surface area (Å²) < 4.78 is 72.1. The summed E-state index contributed by atoms with van der Waals surface area (Å²) in [6.45, 7) is 10.6. The van der Waals surface area contributed by atoms with Crippen molar-refractivity contribution < 1.29 is 30.3 Å². The lowest BCUT2D eigenvalue weighted by Crippen LogP contribution is -2.12. The maximum atomic E-state index is 14.0. The summed E-state index contributed by atoms with van der Waals surface area (Å²) in [6.07, 6.45) is 4.07. The van der Waals surface area contributed by atoms with Crippen LogP contribution in [0.15, 0.2) is 63.6 Å². The molecule has 6 rings (SSSR count). The highest BCUT2D eigenvalue weighted by atomic mass is 35.5. The molecule has 3 aromatic carbocycles. The predicted octanol–water partition coefficient (Wildman–Crippen LogP) is 8.27. The molecule has 1 atom stereocenters. The number of fused-ring (bicyclic) bond motifs is 1. The molecule has 0 spiro atoms. The average Bonchev–Trinajstić information content (AvgIpc) is 3.77. The number of anilines is 2. The van der Waals surface area contributed by atoms with Crippen LogP contribution in [0.1, 0.15) is 60.0 Å². The highest BCUT2D eigenvalue weighted by Crippen LogP contribution is 2.33. The Kier molecular flexibility index (Phi) is 13.3. The molecule has 0 aliphatic carbocycles. The van der Waals surface area contributed by atoms with E-state index in [1.807, 2.05) is 77.1 Å². The van der Waals surface area contributed by atoms with E-state index in [2.05, 4.69) is 20.2 Å². The molecule has 3 heterocycles. The first-order valence-corrected chi connectivity index (χ1v) is 22.6. The van der Waals surface area contributed by atoms with Gasteiger partial charge in [-0.2, -0.15) is 0 Å². The minimum Gasteiger partial charge on any atom is -0.397 e. The maximum absolute atomic E-state index is 14.0. The summed E-state index contributed by atoms with van der Waals surface area (Å²) in [5, 5.41) is 11.2. The van der Waals surface area contributed by atoms with E-state index in [4.69, 9.17) is 31.4 Å². The van der Waals surface area contributed by atoms with Gasteiger partial charge >= 0.3 is 0 Å². The van der Waals surface area contributed by atoms with Gasteiger partial charge in [0.25, 0.3) is 0 Å². The van der Waals surface area contributed by atoms with E-state index < -0.39 is 25.5 Å². The molecule has 0 aliphatic rings. The fourth-order valence-corrected chi connectivity index (χ4v) is 8.18. The van der Waals surface area contributed by atoms with E-state index >= 15 is 0 Å². The number of benzene rings is 3. The number of sulfone groups is 2. The number of halogens is 2. The van der Waals surface area contributed by atoms with Crippen LogP contribution in [0.3, 0.4) is 0 Å². The van der Waals surface area contributed by atoms with E-state index in [9.17, 15) is 21.2 Å². The van der Waals surface area contributed by atoms with Crippen LogP contribution in [-0.2, 0) is 32.6 Å². The van der Waals surface area contributed by atoms with Crippen molar-refractivity contribution in [2.24, 2.45) is 0 Å². The minimum absolute atomic E-state index is 0.0336. The summed E-state index contributed by atoms with van der Waals surface area (Å²) in [4.78, 5) is 4.94. The van der Waals surface area contributed by atoms with Gasteiger partial charge in [-0.3, -0.25) is 0 Å². The molecule has 0 saturated heterocycles. The van der Waals surface area contributed by atoms with Gasteiger partial charge in [-0.05, 0) is 100 Å². The van der Waals surface area contributed by atoms with Gasteiger partial charge in [-0.15, -0.1) is 0 Å². The SMILES string of the molecule is Cc1noc(C)c1-c1ccc(NCCCS(C)(=O)=O)c(N)c1.Cc1noc(C)c1-c1ccc2c(c1)nc(C(C)Cc1ccc(Cl)c(F)c1)n2CCCS(C)(=O)=O. The number of aryl methyl sites for hydroxylation is 5. The van der Waals surface area contributed by atoms with Gasteiger partial charge in [0, 0.05) is 42.6 Å². The fourth-order valence-electron chi connectivity index (χ4n) is 6.74. The minimum atomic E-state index is -3.07. The molecular weight excluding hydrogens is 779 g/mol. The Morgan fingerprint density at radius 1 is 0.839 bits per heavy atom. The first-order chi connectivity index (χ1) is 26.3. The van der Waals surface area contributed by atoms with Gasteiger partial charge in [-0.25, -0.2) is 26.2 Å². The zero-order valence-corrected chi connectivity index (χ0v) is 35.0. The summed E-state index contributed by atoms with van der Waals surface area (Å²) in [5.41, 5.74) is 15.5. The molecule has 0 amide bonds. The number of rotatable bonds is 14. The largest absolute Gasteiger partial charge is 0.397 e. The van der Waals surface area contributed by atoms with Gasteiger partial charge in [0.2, 0.25) is 0 Å². The molecule has 0 radical (unpaired) electrons. The molecule has 3 N–H and O–H groups in total. The van der Waals surface area contributed by atoms with E-state index in [0.717, 1.165) is 73.3 Å². The van der Waals surface area contributed by atoms with Crippen molar-refractivity contribution >= 4 is 53.7 Å². The lowest BCUT2D eigenvalue weighted by molar-refractivity contribution is 0.393. The first kappa shape index (κ1) is 42.4. The number of imidazole rings is 1. The summed E-state index contributed by atoms with van der Waals surface area (Å²) >= 11 is 5.83. The monoisotopic (exact) mass is 826 g/mol. The zero-order chi connectivity index (χ0) is 40.9. The highest BCUT2D eigenvalue weighted by Gasteiger charge is 2.20. The first-order valence-electron chi connectivity index (χ1n) is 18.1. The van der Waals surface area contributed by atoms with Gasteiger partial charge in [0.1, 0.15) is 42.8 Å². The van der Waals surface area contributed by atoms with Gasteiger partial charge in [-0.1, -0.05) is 47.0 Å². The van der Waals surface area contributed by atoms with Crippen LogP contribution in [0.25, 0.3) is 33.3 Å². The fraction of sp³-hybridized carbons (Fsp3) is 0.375. The third-order valence-electron chi connectivity index (χ3n) is 9.34. The van der Waals surface area contributed by atoms with E-state index in [-0.39, 0.29) is 22.4 Å². The van der Waals surface area contributed by atoms with Gasteiger partial charge < -0.3 is 24.7 Å². The van der Waals surface area contributed by atoms with Crippen molar-refractivity contribution in [3.05, 3.63) is 99.7 Å². The maximum Gasteiger partial charge on any atom is 0.147 e. The number of aromatic nitrogens is 4. The number of nitrogen functional groups attached to an aromatic ring is 1. The average molecular weight is 827 g/mol. The smallest absolute Gasteiger partial charge is 0.147 e. The van der Waals surface area contributed by atoms with Crippen molar-refractivity contribution in [2.45, 2.75) is 66.3 Å². The van der Waals surface area contributed by atoms with Crippen molar-refractivity contribution in [1.29, 1.82) is 0 Å². The molecule has 16 heteroatoms. The lowest BCUT2D eigenvalue weighted by atomic mass is 10.00. The molecule has 0 bridgehead atoms. The molecule has 56 heavy (non-hydrogen) atoms. The number of nitrogens with one attached hydrogen (secondary N) is 1. The van der Waals surface area contributed by atoms with Crippen molar-refractivity contribution in [1.82, 2.24) is 19.9 Å². The van der Waals surface area contributed by atoms with Crippen molar-refractivity contribution in [3.8, 4) is 22.3 Å². The van der Waals surface area contributed by atoms with Gasteiger partial charge in [0.15, 0.2) is 0 Å². The zero-order valence-electron chi connectivity index (χ0n) is 32.6. The summed E-state index contributed by atoms with van der Waals surface area (Å²) in [6, 6.07) is 16.5. The molecule has 300 valence electrons. The van der Waals surface area contributed by atoms with Crippen LogP contribution in [0.2, 0.25) is 5.02 Å². The molecule has 0 aliphatic heterocycles. The molecule has 0 saturated carbocycles. The van der Waals surface area contributed by atoms with Crippen LogP contribution in [0.4, 0.5) is 15.8 Å². The number of nitrogens with zero attached hydrogens (tertiary/aromatic N) is 4. The van der Waals surface area contributed by atoms with E-state index in [1.165, 1.54) is 18.6 Å². The number of hydrogen-bond acceptors (Lipinski definition) is 11. The Morgan fingerprint density at radius 2 is 1.43 bits per heavy atom. The Labute approximate surface area is 332 Å². The topological polar surface area (TPSA) is 176 Å². The standard InChI is InChI=1S/C25H27ClFN3O3S.C15H21N3O3S/c1-15(12-18-6-8-20(26)21(27)13-18)25-28-22-14-19(24-16(2)29-33-17(24)3)7-9-23(22)30(25)10-5-11-34(4,31)32;1-10-15(11(2)21-18-10)12-5-6-14(13(16)9-12)17-7-4-8-22(3,19)20/h6-9,13-15H,5,10-12H2,1-4H3;5-6,9,17H,4,7-8,16H2,1-3H3. The second-order valence-corrected chi connectivity index (χ2v) is 19.2. The Bertz CT molecular complexity index is 2530. The highest BCUT2D eigenvalue weighted by molar-refractivity contribution is 7.90. The Hall–Kier alpha value is -4.73. The third-order valence-corrected chi connectivity index (χ3v) is 11.7. The third kappa shape index (κ3) is 10.8. The summed E-state index contributed by atoms with van der Waals surface area (Å²) in [5.74, 6) is 2.10. The molecule has 12 nitrogen and oxygen atoms in total. The van der Waals surface area contributed by atoms with Gasteiger partial charge in [0.05, 0.1) is 50.3 Å². The normalized spacial score (nSPS) is 12.4. The quantitative estimate of drug-likeness (QED) is 0.0799. The molecule has 1 unspecified atom stereocenters. The van der Waals surface area contributed by atoms with E-state index in [1.54, 1.807) is 6.07 Å². The van der Waals surface area contributed by atoms with Crippen LogP contribution >= 0.6 is 11.6 Å². The van der Waals surface area contributed by atoms with E-state index in [0.29, 0.717) is 38.0 Å². The van der Waals surface area contributed by atoms with Crippen LogP contribution in [0.5, 0.6) is 0 Å². The molecule has 3 aromatic heterocycles.